The first-order chi connectivity index (χ1) is 9.15. The Kier molecular flexibility index (Phi) is 7.01. The number of nitrogens with zero attached hydrogens (tertiary/aromatic N) is 1. The summed E-state index contributed by atoms with van der Waals surface area (Å²) in [6, 6.07) is 2.78. The van der Waals surface area contributed by atoms with Gasteiger partial charge in [-0.25, -0.2) is 0 Å². The third-order valence-electron chi connectivity index (χ3n) is 2.18. The Hall–Kier alpha value is -1.51. The Balaban J connectivity index is 2.18. The SMILES string of the molecule is COCCOCCCNC(=O)c1ccc([N+](=O)[O-])s1. The molecular formula is C11H16N2O5S. The van der Waals surface area contributed by atoms with E-state index >= 15 is 0 Å². The maximum Gasteiger partial charge on any atom is 0.324 e. The number of thiophene rings is 1. The van der Waals surface area contributed by atoms with Gasteiger partial charge in [-0.1, -0.05) is 11.3 Å². The first-order valence-electron chi connectivity index (χ1n) is 5.74. The molecule has 0 aliphatic rings. The monoisotopic (exact) mass is 288 g/mol. The van der Waals surface area contributed by atoms with Crippen molar-refractivity contribution in [3.8, 4) is 0 Å². The number of hydrogen-bond donors (Lipinski definition) is 1. The van der Waals surface area contributed by atoms with Crippen LogP contribution in [0.25, 0.3) is 0 Å². The molecule has 19 heavy (non-hydrogen) atoms. The van der Waals surface area contributed by atoms with Crippen LogP contribution in [0, 0.1) is 10.1 Å². The molecule has 1 amide bonds. The fourth-order valence-electron chi connectivity index (χ4n) is 1.26. The number of carbonyl (C=O) groups is 1. The van der Waals surface area contributed by atoms with Crippen LogP contribution in [0.4, 0.5) is 5.00 Å². The molecule has 0 saturated carbocycles. The van der Waals surface area contributed by atoms with E-state index in [4.69, 9.17) is 9.47 Å². The molecule has 0 spiro atoms. The summed E-state index contributed by atoms with van der Waals surface area (Å²) < 4.78 is 10.1. The van der Waals surface area contributed by atoms with Crippen LogP contribution >= 0.6 is 11.3 Å². The van der Waals surface area contributed by atoms with Crippen molar-refractivity contribution in [2.45, 2.75) is 6.42 Å². The minimum absolute atomic E-state index is 0.0342. The lowest BCUT2D eigenvalue weighted by molar-refractivity contribution is -0.380. The second kappa shape index (κ2) is 8.57. The molecule has 0 saturated heterocycles. The van der Waals surface area contributed by atoms with E-state index in [2.05, 4.69) is 5.32 Å². The maximum atomic E-state index is 11.6. The molecule has 1 aromatic rings. The molecule has 106 valence electrons. The van der Waals surface area contributed by atoms with Gasteiger partial charge in [0.05, 0.1) is 23.0 Å². The van der Waals surface area contributed by atoms with E-state index in [-0.39, 0.29) is 10.9 Å². The normalized spacial score (nSPS) is 10.4. The van der Waals surface area contributed by atoms with Crippen molar-refractivity contribution in [2.75, 3.05) is 33.5 Å². The number of rotatable bonds is 9. The van der Waals surface area contributed by atoms with Gasteiger partial charge in [0.15, 0.2) is 0 Å². The van der Waals surface area contributed by atoms with Crippen molar-refractivity contribution in [2.24, 2.45) is 0 Å². The topological polar surface area (TPSA) is 90.7 Å². The molecule has 0 aliphatic heterocycles. The summed E-state index contributed by atoms with van der Waals surface area (Å²) in [5.41, 5.74) is 0. The summed E-state index contributed by atoms with van der Waals surface area (Å²) in [7, 11) is 1.60. The van der Waals surface area contributed by atoms with Gasteiger partial charge in [-0.3, -0.25) is 14.9 Å². The van der Waals surface area contributed by atoms with Crippen molar-refractivity contribution in [1.82, 2.24) is 5.32 Å². The number of nitro groups is 1. The molecule has 0 radical (unpaired) electrons. The highest BCUT2D eigenvalue weighted by Crippen LogP contribution is 2.23. The van der Waals surface area contributed by atoms with E-state index < -0.39 is 4.92 Å². The smallest absolute Gasteiger partial charge is 0.324 e. The lowest BCUT2D eigenvalue weighted by Gasteiger charge is -2.04. The van der Waals surface area contributed by atoms with Crippen LogP contribution in [0.5, 0.6) is 0 Å². The largest absolute Gasteiger partial charge is 0.382 e. The highest BCUT2D eigenvalue weighted by Gasteiger charge is 2.14. The molecule has 7 nitrogen and oxygen atoms in total. The zero-order valence-corrected chi connectivity index (χ0v) is 11.4. The maximum absolute atomic E-state index is 11.6. The third-order valence-corrected chi connectivity index (χ3v) is 3.21. The van der Waals surface area contributed by atoms with Crippen LogP contribution in [0.3, 0.4) is 0 Å². The Morgan fingerprint density at radius 1 is 1.42 bits per heavy atom. The van der Waals surface area contributed by atoms with E-state index in [1.54, 1.807) is 7.11 Å². The standard InChI is InChI=1S/C11H16N2O5S/c1-17-7-8-18-6-2-5-12-11(14)9-3-4-10(19-9)13(15)16/h3-4H,2,5-8H2,1H3,(H,12,14). The zero-order valence-electron chi connectivity index (χ0n) is 10.6. The molecule has 0 unspecified atom stereocenters. The van der Waals surface area contributed by atoms with Gasteiger partial charge in [0.1, 0.15) is 0 Å². The second-order valence-electron chi connectivity index (χ2n) is 3.61. The predicted molar refractivity (Wildman–Crippen MR) is 70.6 cm³/mol. The van der Waals surface area contributed by atoms with E-state index in [1.807, 2.05) is 0 Å². The van der Waals surface area contributed by atoms with Crippen molar-refractivity contribution >= 4 is 22.2 Å². The van der Waals surface area contributed by atoms with Crippen LogP contribution in [-0.2, 0) is 9.47 Å². The van der Waals surface area contributed by atoms with Gasteiger partial charge in [0, 0.05) is 26.3 Å². The molecule has 0 aliphatic carbocycles. The van der Waals surface area contributed by atoms with Gasteiger partial charge in [0.2, 0.25) is 0 Å². The first-order valence-corrected chi connectivity index (χ1v) is 6.56. The molecule has 0 fully saturated rings. The Labute approximate surface area is 114 Å². The second-order valence-corrected chi connectivity index (χ2v) is 4.67. The van der Waals surface area contributed by atoms with Crippen LogP contribution in [0.1, 0.15) is 16.1 Å². The highest BCUT2D eigenvalue weighted by atomic mass is 32.1. The Bertz CT molecular complexity index is 421. The molecule has 0 bridgehead atoms. The lowest BCUT2D eigenvalue weighted by atomic mass is 10.4. The van der Waals surface area contributed by atoms with Crippen LogP contribution in [0.2, 0.25) is 0 Å². The van der Waals surface area contributed by atoms with Crippen molar-refractivity contribution < 1.29 is 19.2 Å². The molecule has 1 rings (SSSR count). The summed E-state index contributed by atoms with van der Waals surface area (Å²) in [6.07, 6.45) is 0.683. The molecule has 0 atom stereocenters. The number of nitrogens with one attached hydrogen (secondary N) is 1. The Morgan fingerprint density at radius 3 is 2.84 bits per heavy atom. The van der Waals surface area contributed by atoms with E-state index in [0.717, 1.165) is 11.3 Å². The lowest BCUT2D eigenvalue weighted by Crippen LogP contribution is -2.24. The summed E-state index contributed by atoms with van der Waals surface area (Å²) in [5, 5.41) is 13.1. The molecular weight excluding hydrogens is 272 g/mol. The fourth-order valence-corrected chi connectivity index (χ4v) is 1.99. The number of hydrogen-bond acceptors (Lipinski definition) is 6. The van der Waals surface area contributed by atoms with Crippen LogP contribution < -0.4 is 5.32 Å². The minimum Gasteiger partial charge on any atom is -0.382 e. The quantitative estimate of drug-likeness (QED) is 0.422. The Morgan fingerprint density at radius 2 is 2.21 bits per heavy atom. The number of methoxy groups -OCH3 is 1. The number of carbonyl (C=O) groups excluding carboxylic acids is 1. The summed E-state index contributed by atoms with van der Waals surface area (Å²) in [5.74, 6) is -0.296. The van der Waals surface area contributed by atoms with Crippen molar-refractivity contribution in [1.29, 1.82) is 0 Å². The van der Waals surface area contributed by atoms with Gasteiger partial charge in [-0.05, 0) is 12.5 Å². The van der Waals surface area contributed by atoms with E-state index in [0.29, 0.717) is 37.7 Å². The van der Waals surface area contributed by atoms with E-state index in [1.165, 1.54) is 12.1 Å². The molecule has 1 heterocycles. The number of amides is 1. The van der Waals surface area contributed by atoms with Crippen LogP contribution in [-0.4, -0.2) is 44.3 Å². The van der Waals surface area contributed by atoms with Gasteiger partial charge in [-0.15, -0.1) is 0 Å². The van der Waals surface area contributed by atoms with Crippen molar-refractivity contribution in [3.05, 3.63) is 27.1 Å². The van der Waals surface area contributed by atoms with Crippen LogP contribution in [0.15, 0.2) is 12.1 Å². The number of ether oxygens (including phenoxy) is 2. The zero-order chi connectivity index (χ0) is 14.1. The van der Waals surface area contributed by atoms with Gasteiger partial charge in [0.25, 0.3) is 5.91 Å². The molecule has 8 heteroatoms. The summed E-state index contributed by atoms with van der Waals surface area (Å²) in [4.78, 5) is 21.9. The van der Waals surface area contributed by atoms with Gasteiger partial charge >= 0.3 is 5.00 Å². The third kappa shape index (κ3) is 5.77. The molecule has 1 aromatic heterocycles. The van der Waals surface area contributed by atoms with Gasteiger partial charge in [-0.2, -0.15) is 0 Å². The van der Waals surface area contributed by atoms with E-state index in [9.17, 15) is 14.9 Å². The minimum atomic E-state index is -0.509. The first kappa shape index (κ1) is 15.5. The average molecular weight is 288 g/mol. The molecule has 0 aromatic carbocycles. The van der Waals surface area contributed by atoms with Gasteiger partial charge < -0.3 is 14.8 Å². The predicted octanol–water partition coefficient (Wildman–Crippen LogP) is 1.44. The average Bonchev–Trinajstić information content (AvgIpc) is 2.87. The highest BCUT2D eigenvalue weighted by molar-refractivity contribution is 7.17. The summed E-state index contributed by atoms with van der Waals surface area (Å²) in [6.45, 7) is 2.08. The van der Waals surface area contributed by atoms with Crippen molar-refractivity contribution in [3.63, 3.8) is 0 Å². The molecule has 1 N–H and O–H groups in total. The summed E-state index contributed by atoms with van der Waals surface area (Å²) >= 11 is 0.865. The fraction of sp³-hybridized carbons (Fsp3) is 0.545.